The molecule has 0 aromatic heterocycles. The highest BCUT2D eigenvalue weighted by Gasteiger charge is 2.46. The first kappa shape index (κ1) is 12.9. The zero-order valence-corrected chi connectivity index (χ0v) is 12.1. The Hall–Kier alpha value is -0.0800. The van der Waals surface area contributed by atoms with Gasteiger partial charge in [-0.1, -0.05) is 19.3 Å². The van der Waals surface area contributed by atoms with Gasteiger partial charge in [-0.25, -0.2) is 0 Å². The van der Waals surface area contributed by atoms with Crippen molar-refractivity contribution in [3.63, 3.8) is 0 Å². The Bertz CT molecular complexity index is 279. The molecule has 0 aromatic rings. The van der Waals surface area contributed by atoms with Crippen LogP contribution in [0.15, 0.2) is 0 Å². The van der Waals surface area contributed by atoms with E-state index in [0.29, 0.717) is 5.54 Å². The smallest absolute Gasteiger partial charge is 0.0332 e. The minimum absolute atomic E-state index is 0.346. The quantitative estimate of drug-likeness (QED) is 0.832. The van der Waals surface area contributed by atoms with Crippen LogP contribution in [0.4, 0.5) is 0 Å². The SMILES string of the molecule is CN(C1CCC1)C1(CN)CCC2(CCCC2)CC1. The zero-order chi connectivity index (χ0) is 12.6. The van der Waals surface area contributed by atoms with Crippen LogP contribution in [-0.4, -0.2) is 30.1 Å². The van der Waals surface area contributed by atoms with E-state index in [-0.39, 0.29) is 0 Å². The molecule has 2 heteroatoms. The molecular formula is C16H30N2. The second-order valence-electron chi connectivity index (χ2n) is 7.33. The lowest BCUT2D eigenvalue weighted by atomic mass is 9.65. The summed E-state index contributed by atoms with van der Waals surface area (Å²) >= 11 is 0. The number of likely N-dealkylation sites (N-methyl/N-ethyl adjacent to an activating group) is 1. The standard InChI is InChI=1S/C16H30N2/c1-18(14-5-4-6-14)16(13-17)11-9-15(10-12-16)7-2-3-8-15/h14H,2-13,17H2,1H3. The molecule has 3 aliphatic carbocycles. The first-order chi connectivity index (χ1) is 8.70. The molecular weight excluding hydrogens is 220 g/mol. The van der Waals surface area contributed by atoms with Crippen LogP contribution in [0.25, 0.3) is 0 Å². The van der Waals surface area contributed by atoms with Crippen molar-refractivity contribution in [1.29, 1.82) is 0 Å². The first-order valence-electron chi connectivity index (χ1n) is 8.13. The van der Waals surface area contributed by atoms with Gasteiger partial charge in [0.05, 0.1) is 0 Å². The van der Waals surface area contributed by atoms with Crippen LogP contribution in [0.1, 0.15) is 70.6 Å². The van der Waals surface area contributed by atoms with E-state index in [1.165, 1.54) is 70.6 Å². The topological polar surface area (TPSA) is 29.3 Å². The van der Waals surface area contributed by atoms with Crippen LogP contribution in [0.3, 0.4) is 0 Å². The second-order valence-corrected chi connectivity index (χ2v) is 7.33. The fraction of sp³-hybridized carbons (Fsp3) is 1.00. The summed E-state index contributed by atoms with van der Waals surface area (Å²) in [5.41, 5.74) is 7.28. The average Bonchev–Trinajstić information content (AvgIpc) is 2.77. The zero-order valence-electron chi connectivity index (χ0n) is 12.1. The highest BCUT2D eigenvalue weighted by Crippen LogP contribution is 2.52. The largest absolute Gasteiger partial charge is 0.329 e. The van der Waals surface area contributed by atoms with Gasteiger partial charge >= 0.3 is 0 Å². The average molecular weight is 250 g/mol. The number of hydrogen-bond donors (Lipinski definition) is 1. The van der Waals surface area contributed by atoms with E-state index in [1.807, 2.05) is 0 Å². The molecule has 2 nitrogen and oxygen atoms in total. The molecule has 0 bridgehead atoms. The molecule has 0 atom stereocenters. The van der Waals surface area contributed by atoms with Gasteiger partial charge in [-0.3, -0.25) is 4.90 Å². The molecule has 3 fully saturated rings. The molecule has 2 N–H and O–H groups in total. The van der Waals surface area contributed by atoms with Crippen LogP contribution in [0.2, 0.25) is 0 Å². The van der Waals surface area contributed by atoms with Crippen molar-refractivity contribution in [3.05, 3.63) is 0 Å². The maximum absolute atomic E-state index is 6.20. The van der Waals surface area contributed by atoms with E-state index in [2.05, 4.69) is 11.9 Å². The predicted octanol–water partition coefficient (Wildman–Crippen LogP) is 3.30. The van der Waals surface area contributed by atoms with Gasteiger partial charge in [0.2, 0.25) is 0 Å². The molecule has 18 heavy (non-hydrogen) atoms. The molecule has 0 saturated heterocycles. The molecule has 0 unspecified atom stereocenters. The third kappa shape index (κ3) is 2.02. The summed E-state index contributed by atoms with van der Waals surface area (Å²) in [6.07, 6.45) is 15.8. The van der Waals surface area contributed by atoms with E-state index in [9.17, 15) is 0 Å². The molecule has 1 spiro atoms. The monoisotopic (exact) mass is 250 g/mol. The normalized spacial score (nSPS) is 30.8. The Morgan fingerprint density at radius 1 is 0.944 bits per heavy atom. The summed E-state index contributed by atoms with van der Waals surface area (Å²) in [5.74, 6) is 0. The van der Waals surface area contributed by atoms with E-state index in [1.54, 1.807) is 0 Å². The van der Waals surface area contributed by atoms with Crippen LogP contribution in [0, 0.1) is 5.41 Å². The van der Waals surface area contributed by atoms with Crippen LogP contribution in [0.5, 0.6) is 0 Å². The van der Waals surface area contributed by atoms with Gasteiger partial charge in [0.25, 0.3) is 0 Å². The summed E-state index contributed by atoms with van der Waals surface area (Å²) in [5, 5.41) is 0. The minimum Gasteiger partial charge on any atom is -0.329 e. The molecule has 0 aromatic carbocycles. The molecule has 104 valence electrons. The molecule has 3 rings (SSSR count). The summed E-state index contributed by atoms with van der Waals surface area (Å²) in [6, 6.07) is 0.839. The van der Waals surface area contributed by atoms with Crippen molar-refractivity contribution in [2.24, 2.45) is 11.1 Å². The maximum atomic E-state index is 6.20. The van der Waals surface area contributed by atoms with Crippen LogP contribution < -0.4 is 5.73 Å². The first-order valence-corrected chi connectivity index (χ1v) is 8.13. The van der Waals surface area contributed by atoms with Crippen molar-refractivity contribution < 1.29 is 0 Å². The Balaban J connectivity index is 1.66. The molecule has 3 aliphatic rings. The maximum Gasteiger partial charge on any atom is 0.0332 e. The fourth-order valence-electron chi connectivity index (χ4n) is 4.73. The second kappa shape index (κ2) is 4.79. The lowest BCUT2D eigenvalue weighted by molar-refractivity contribution is -0.0166. The van der Waals surface area contributed by atoms with Crippen molar-refractivity contribution in [1.82, 2.24) is 4.90 Å². The fourth-order valence-corrected chi connectivity index (χ4v) is 4.73. The van der Waals surface area contributed by atoms with Crippen molar-refractivity contribution in [3.8, 4) is 0 Å². The summed E-state index contributed by atoms with van der Waals surface area (Å²) in [4.78, 5) is 2.68. The lowest BCUT2D eigenvalue weighted by Crippen LogP contribution is -2.59. The molecule has 0 aliphatic heterocycles. The van der Waals surface area contributed by atoms with Crippen molar-refractivity contribution in [2.45, 2.75) is 82.2 Å². The highest BCUT2D eigenvalue weighted by atomic mass is 15.2. The van der Waals surface area contributed by atoms with Crippen molar-refractivity contribution in [2.75, 3.05) is 13.6 Å². The van der Waals surface area contributed by atoms with Crippen LogP contribution >= 0.6 is 0 Å². The minimum atomic E-state index is 0.346. The summed E-state index contributed by atoms with van der Waals surface area (Å²) < 4.78 is 0. The van der Waals surface area contributed by atoms with Gasteiger partial charge in [-0.05, 0) is 63.8 Å². The number of nitrogens with two attached hydrogens (primary N) is 1. The molecule has 0 heterocycles. The van der Waals surface area contributed by atoms with Crippen LogP contribution in [-0.2, 0) is 0 Å². The summed E-state index contributed by atoms with van der Waals surface area (Å²) in [6.45, 7) is 0.871. The van der Waals surface area contributed by atoms with Gasteiger partial charge in [0, 0.05) is 18.1 Å². The van der Waals surface area contributed by atoms with Gasteiger partial charge in [0.15, 0.2) is 0 Å². The lowest BCUT2D eigenvalue weighted by Gasteiger charge is -2.53. The Morgan fingerprint density at radius 3 is 2.00 bits per heavy atom. The third-order valence-corrected chi connectivity index (χ3v) is 6.66. The molecule has 0 radical (unpaired) electrons. The molecule has 3 saturated carbocycles. The summed E-state index contributed by atoms with van der Waals surface area (Å²) in [7, 11) is 2.35. The Labute approximate surface area is 112 Å². The highest BCUT2D eigenvalue weighted by molar-refractivity contribution is 5.02. The van der Waals surface area contributed by atoms with E-state index in [0.717, 1.165) is 18.0 Å². The Kier molecular flexibility index (Phi) is 3.44. The van der Waals surface area contributed by atoms with E-state index < -0.39 is 0 Å². The van der Waals surface area contributed by atoms with E-state index in [4.69, 9.17) is 5.73 Å². The van der Waals surface area contributed by atoms with E-state index >= 15 is 0 Å². The van der Waals surface area contributed by atoms with Gasteiger partial charge in [-0.15, -0.1) is 0 Å². The van der Waals surface area contributed by atoms with Gasteiger partial charge in [0.1, 0.15) is 0 Å². The number of rotatable bonds is 3. The van der Waals surface area contributed by atoms with Gasteiger partial charge in [-0.2, -0.15) is 0 Å². The van der Waals surface area contributed by atoms with Crippen molar-refractivity contribution >= 4 is 0 Å². The number of hydrogen-bond acceptors (Lipinski definition) is 2. The Morgan fingerprint density at radius 2 is 1.56 bits per heavy atom. The molecule has 0 amide bonds. The third-order valence-electron chi connectivity index (χ3n) is 6.66. The number of nitrogens with zero attached hydrogens (tertiary/aromatic N) is 1. The van der Waals surface area contributed by atoms with Gasteiger partial charge < -0.3 is 5.73 Å². The predicted molar refractivity (Wildman–Crippen MR) is 76.6 cm³/mol.